The van der Waals surface area contributed by atoms with Crippen LogP contribution in [-0.2, 0) is 23.0 Å². The van der Waals surface area contributed by atoms with Gasteiger partial charge in [0.25, 0.3) is 0 Å². The smallest absolute Gasteiger partial charge is 0.209 e. The Labute approximate surface area is 153 Å². The number of primary sulfonamides is 1. The van der Waals surface area contributed by atoms with Crippen molar-refractivity contribution in [3.05, 3.63) is 30.1 Å². The molecule has 0 atom stereocenters. The van der Waals surface area contributed by atoms with Gasteiger partial charge >= 0.3 is 0 Å². The SMILES string of the molecule is CCCc1nc2c(N)nc3ccccc3c2n1CCCCCS(N)(=O)=O. The molecule has 2 heterocycles. The van der Waals surface area contributed by atoms with E-state index in [0.717, 1.165) is 60.0 Å². The van der Waals surface area contributed by atoms with Crippen molar-refractivity contribution in [1.82, 2.24) is 14.5 Å². The third-order valence-electron chi connectivity index (χ3n) is 4.47. The van der Waals surface area contributed by atoms with Crippen molar-refractivity contribution in [1.29, 1.82) is 0 Å². The molecular formula is C18H25N5O2S. The molecule has 0 aliphatic carbocycles. The number of pyridine rings is 1. The van der Waals surface area contributed by atoms with Crippen LogP contribution in [0.3, 0.4) is 0 Å². The number of para-hydroxylation sites is 1. The highest BCUT2D eigenvalue weighted by molar-refractivity contribution is 7.89. The number of anilines is 1. The lowest BCUT2D eigenvalue weighted by molar-refractivity contribution is 0.573. The van der Waals surface area contributed by atoms with Crippen molar-refractivity contribution in [3.8, 4) is 0 Å². The summed E-state index contributed by atoms with van der Waals surface area (Å²) in [6.07, 6.45) is 4.06. The average molecular weight is 375 g/mol. The zero-order chi connectivity index (χ0) is 18.7. The number of nitrogens with two attached hydrogens (primary N) is 2. The Morgan fingerprint density at radius 1 is 1.12 bits per heavy atom. The Bertz CT molecular complexity index is 1030. The van der Waals surface area contributed by atoms with Gasteiger partial charge in [0.1, 0.15) is 11.3 Å². The summed E-state index contributed by atoms with van der Waals surface area (Å²) >= 11 is 0. The molecule has 0 amide bonds. The Morgan fingerprint density at radius 2 is 1.88 bits per heavy atom. The Morgan fingerprint density at radius 3 is 2.62 bits per heavy atom. The maximum absolute atomic E-state index is 11.1. The van der Waals surface area contributed by atoms with Gasteiger partial charge in [0.15, 0.2) is 5.82 Å². The van der Waals surface area contributed by atoms with Gasteiger partial charge in [-0.15, -0.1) is 0 Å². The number of nitrogens with zero attached hydrogens (tertiary/aromatic N) is 3. The molecule has 3 aromatic rings. The lowest BCUT2D eigenvalue weighted by Gasteiger charge is -2.10. The topological polar surface area (TPSA) is 117 Å². The second kappa shape index (κ2) is 7.59. The van der Waals surface area contributed by atoms with Crippen LogP contribution in [0.1, 0.15) is 38.4 Å². The standard InChI is InChI=1S/C18H25N5O2S/c1-2-8-15-22-16-17(13-9-4-5-10-14(13)21-18(16)19)23(15)11-6-3-7-12-26(20,24)25/h4-5,9-10H,2-3,6-8,11-12H2,1H3,(H2,19,21)(H2,20,24,25). The number of aryl methyl sites for hydroxylation is 2. The number of unbranched alkanes of at least 4 members (excludes halogenated alkanes) is 2. The van der Waals surface area contributed by atoms with Crippen LogP contribution in [0, 0.1) is 0 Å². The van der Waals surface area contributed by atoms with Crippen molar-refractivity contribution < 1.29 is 8.42 Å². The van der Waals surface area contributed by atoms with Crippen molar-refractivity contribution in [2.45, 2.75) is 45.6 Å². The minimum absolute atomic E-state index is 0.0271. The molecule has 26 heavy (non-hydrogen) atoms. The highest BCUT2D eigenvalue weighted by atomic mass is 32.2. The minimum atomic E-state index is -3.39. The molecular weight excluding hydrogens is 350 g/mol. The van der Waals surface area contributed by atoms with Gasteiger partial charge in [-0.1, -0.05) is 31.5 Å². The van der Waals surface area contributed by atoms with E-state index in [1.807, 2.05) is 24.3 Å². The number of aromatic nitrogens is 3. The largest absolute Gasteiger partial charge is 0.382 e. The maximum atomic E-state index is 11.1. The van der Waals surface area contributed by atoms with Crippen molar-refractivity contribution in [2.24, 2.45) is 5.14 Å². The molecule has 0 fully saturated rings. The van der Waals surface area contributed by atoms with E-state index < -0.39 is 10.0 Å². The molecule has 0 bridgehead atoms. The van der Waals surface area contributed by atoms with E-state index in [4.69, 9.17) is 15.9 Å². The molecule has 3 rings (SSSR count). The fourth-order valence-electron chi connectivity index (χ4n) is 3.31. The van der Waals surface area contributed by atoms with E-state index in [9.17, 15) is 8.42 Å². The summed E-state index contributed by atoms with van der Waals surface area (Å²) in [6.45, 7) is 2.89. The Balaban J connectivity index is 1.95. The summed E-state index contributed by atoms with van der Waals surface area (Å²) < 4.78 is 24.3. The molecule has 2 aromatic heterocycles. The van der Waals surface area contributed by atoms with E-state index in [1.54, 1.807) is 0 Å². The van der Waals surface area contributed by atoms with Crippen LogP contribution in [0.5, 0.6) is 0 Å². The quantitative estimate of drug-likeness (QED) is 0.587. The molecule has 0 unspecified atom stereocenters. The number of benzene rings is 1. The second-order valence-electron chi connectivity index (χ2n) is 6.57. The van der Waals surface area contributed by atoms with Gasteiger partial charge in [0.2, 0.25) is 10.0 Å². The third kappa shape index (κ3) is 3.96. The molecule has 0 spiro atoms. The van der Waals surface area contributed by atoms with Crippen LogP contribution in [0.2, 0.25) is 0 Å². The van der Waals surface area contributed by atoms with E-state index in [1.165, 1.54) is 0 Å². The lowest BCUT2D eigenvalue weighted by Crippen LogP contribution is -2.16. The van der Waals surface area contributed by atoms with Crippen LogP contribution < -0.4 is 10.9 Å². The first-order chi connectivity index (χ1) is 12.4. The minimum Gasteiger partial charge on any atom is -0.382 e. The van der Waals surface area contributed by atoms with Crippen LogP contribution in [0.15, 0.2) is 24.3 Å². The first-order valence-corrected chi connectivity index (χ1v) is 10.7. The maximum Gasteiger partial charge on any atom is 0.209 e. The summed E-state index contributed by atoms with van der Waals surface area (Å²) in [5, 5.41) is 6.10. The van der Waals surface area contributed by atoms with Crippen LogP contribution in [-0.4, -0.2) is 28.7 Å². The van der Waals surface area contributed by atoms with Crippen LogP contribution in [0.25, 0.3) is 21.9 Å². The zero-order valence-corrected chi connectivity index (χ0v) is 15.8. The van der Waals surface area contributed by atoms with Crippen molar-refractivity contribution in [2.75, 3.05) is 11.5 Å². The first-order valence-electron chi connectivity index (χ1n) is 8.94. The second-order valence-corrected chi connectivity index (χ2v) is 8.30. The average Bonchev–Trinajstić information content (AvgIpc) is 2.93. The molecule has 140 valence electrons. The van der Waals surface area contributed by atoms with Gasteiger partial charge in [-0.2, -0.15) is 0 Å². The third-order valence-corrected chi connectivity index (χ3v) is 5.33. The fraction of sp³-hybridized carbons (Fsp3) is 0.444. The summed E-state index contributed by atoms with van der Waals surface area (Å²) in [6, 6.07) is 7.93. The normalized spacial score (nSPS) is 12.2. The van der Waals surface area contributed by atoms with E-state index in [-0.39, 0.29) is 5.75 Å². The van der Waals surface area contributed by atoms with Gasteiger partial charge in [0, 0.05) is 18.4 Å². The van der Waals surface area contributed by atoms with Gasteiger partial charge < -0.3 is 10.3 Å². The summed E-state index contributed by atoms with van der Waals surface area (Å²) in [7, 11) is -3.39. The number of hydrogen-bond acceptors (Lipinski definition) is 5. The fourth-order valence-corrected chi connectivity index (χ4v) is 3.92. The number of imidazole rings is 1. The summed E-state index contributed by atoms with van der Waals surface area (Å²) in [4.78, 5) is 9.23. The van der Waals surface area contributed by atoms with Gasteiger partial charge in [-0.25, -0.2) is 23.5 Å². The van der Waals surface area contributed by atoms with Crippen molar-refractivity contribution in [3.63, 3.8) is 0 Å². The number of sulfonamides is 1. The summed E-state index contributed by atoms with van der Waals surface area (Å²) in [5.74, 6) is 1.47. The predicted molar refractivity (Wildman–Crippen MR) is 105 cm³/mol. The molecule has 0 aliphatic heterocycles. The molecule has 0 radical (unpaired) electrons. The van der Waals surface area contributed by atoms with Crippen molar-refractivity contribution >= 4 is 37.8 Å². The monoisotopic (exact) mass is 375 g/mol. The molecule has 0 aliphatic rings. The van der Waals surface area contributed by atoms with Crippen LogP contribution in [0.4, 0.5) is 5.82 Å². The Kier molecular flexibility index (Phi) is 5.43. The molecule has 0 saturated heterocycles. The number of fused-ring (bicyclic) bond motifs is 3. The van der Waals surface area contributed by atoms with E-state index in [0.29, 0.717) is 12.2 Å². The molecule has 7 nitrogen and oxygen atoms in total. The molecule has 0 saturated carbocycles. The molecule has 8 heteroatoms. The van der Waals surface area contributed by atoms with Gasteiger partial charge in [-0.05, 0) is 25.3 Å². The van der Waals surface area contributed by atoms with Gasteiger partial charge in [0.05, 0.1) is 16.8 Å². The molecule has 4 N–H and O–H groups in total. The number of nitrogen functional groups attached to an aromatic ring is 1. The highest BCUT2D eigenvalue weighted by Crippen LogP contribution is 2.29. The van der Waals surface area contributed by atoms with E-state index >= 15 is 0 Å². The van der Waals surface area contributed by atoms with Crippen LogP contribution >= 0.6 is 0 Å². The van der Waals surface area contributed by atoms with E-state index in [2.05, 4.69) is 16.5 Å². The predicted octanol–water partition coefficient (Wildman–Crippen LogP) is 2.58. The number of hydrogen-bond donors (Lipinski definition) is 2. The first kappa shape index (κ1) is 18.6. The highest BCUT2D eigenvalue weighted by Gasteiger charge is 2.16. The lowest BCUT2D eigenvalue weighted by atomic mass is 10.1. The van der Waals surface area contributed by atoms with Gasteiger partial charge in [-0.3, -0.25) is 0 Å². The number of rotatable bonds is 8. The molecule has 1 aromatic carbocycles. The zero-order valence-electron chi connectivity index (χ0n) is 15.0. The summed E-state index contributed by atoms with van der Waals surface area (Å²) in [5.41, 5.74) is 8.78. The Hall–Kier alpha value is -2.19.